The molecule has 0 radical (unpaired) electrons. The molecule has 1 heterocycles. The van der Waals surface area contributed by atoms with Crippen molar-refractivity contribution in [1.29, 1.82) is 0 Å². The number of hydrogen-bond donors (Lipinski definition) is 2. The zero-order valence-electron chi connectivity index (χ0n) is 11.8. The fraction of sp³-hybridized carbons (Fsp3) is 0.333. The number of rotatable bonds is 4. The number of nitrogens with two attached hydrogens (primary N) is 1. The summed E-state index contributed by atoms with van der Waals surface area (Å²) in [6.45, 7) is 5.79. The van der Waals surface area contributed by atoms with E-state index < -0.39 is 0 Å². The molecule has 20 heavy (non-hydrogen) atoms. The Labute approximate surface area is 122 Å². The first-order valence-electron chi connectivity index (χ1n) is 6.40. The first kappa shape index (κ1) is 15.0. The van der Waals surface area contributed by atoms with E-state index in [-0.39, 0.29) is 11.9 Å². The highest BCUT2D eigenvalue weighted by Crippen LogP contribution is 2.30. The lowest BCUT2D eigenvalue weighted by Gasteiger charge is -2.17. The molecule has 0 saturated heterocycles. The predicted molar refractivity (Wildman–Crippen MR) is 78.1 cm³/mol. The molecule has 2 aromatic rings. The number of benzene rings is 1. The molecular weight excluding hydrogens is 279 g/mol. The van der Waals surface area contributed by atoms with Crippen LogP contribution in [0.4, 0.5) is 4.39 Å². The van der Waals surface area contributed by atoms with E-state index in [1.165, 1.54) is 12.1 Å². The Hall–Kier alpha value is -1.36. The summed E-state index contributed by atoms with van der Waals surface area (Å²) in [6.07, 6.45) is 0.494. The quantitative estimate of drug-likeness (QED) is 0.667. The molecular formula is C15H18ClFN2O. The minimum Gasteiger partial charge on any atom is -0.466 e. The summed E-state index contributed by atoms with van der Waals surface area (Å²) in [6, 6.07) is 4.16. The third-order valence-electron chi connectivity index (χ3n) is 3.60. The van der Waals surface area contributed by atoms with Crippen molar-refractivity contribution < 1.29 is 8.81 Å². The van der Waals surface area contributed by atoms with E-state index in [2.05, 4.69) is 5.43 Å². The molecule has 0 amide bonds. The van der Waals surface area contributed by atoms with E-state index in [0.29, 0.717) is 17.0 Å². The van der Waals surface area contributed by atoms with Gasteiger partial charge in [0, 0.05) is 10.6 Å². The van der Waals surface area contributed by atoms with Crippen molar-refractivity contribution >= 4 is 11.6 Å². The van der Waals surface area contributed by atoms with Crippen LogP contribution in [0.25, 0.3) is 0 Å². The van der Waals surface area contributed by atoms with Crippen molar-refractivity contribution in [2.75, 3.05) is 0 Å². The first-order chi connectivity index (χ1) is 9.43. The van der Waals surface area contributed by atoms with Crippen molar-refractivity contribution in [3.63, 3.8) is 0 Å². The molecule has 5 heteroatoms. The second-order valence-electron chi connectivity index (χ2n) is 4.91. The van der Waals surface area contributed by atoms with Crippen molar-refractivity contribution in [2.24, 2.45) is 5.84 Å². The van der Waals surface area contributed by atoms with Crippen LogP contribution in [0.5, 0.6) is 0 Å². The van der Waals surface area contributed by atoms with Gasteiger partial charge in [0.05, 0.1) is 6.04 Å². The molecule has 3 nitrogen and oxygen atoms in total. The van der Waals surface area contributed by atoms with Crippen molar-refractivity contribution in [3.05, 3.63) is 57.2 Å². The van der Waals surface area contributed by atoms with E-state index in [9.17, 15) is 4.39 Å². The number of hydrazine groups is 1. The molecule has 1 aromatic heterocycles. The Morgan fingerprint density at radius 1 is 1.30 bits per heavy atom. The maximum Gasteiger partial charge on any atom is 0.123 e. The molecule has 2 rings (SSSR count). The highest BCUT2D eigenvalue weighted by Gasteiger charge is 2.21. The molecule has 0 aliphatic carbocycles. The van der Waals surface area contributed by atoms with Crippen LogP contribution in [0.1, 0.15) is 34.3 Å². The van der Waals surface area contributed by atoms with E-state index in [1.807, 2.05) is 20.8 Å². The van der Waals surface area contributed by atoms with Crippen LogP contribution in [0.3, 0.4) is 0 Å². The fourth-order valence-electron chi connectivity index (χ4n) is 2.49. The number of hydrogen-bond acceptors (Lipinski definition) is 3. The van der Waals surface area contributed by atoms with Gasteiger partial charge in [-0.1, -0.05) is 11.6 Å². The first-order valence-corrected chi connectivity index (χ1v) is 6.78. The van der Waals surface area contributed by atoms with Crippen LogP contribution < -0.4 is 11.3 Å². The SMILES string of the molecule is Cc1oc(C)c(C(Cc2cc(F)ccc2Cl)NN)c1C. The van der Waals surface area contributed by atoms with Gasteiger partial charge < -0.3 is 4.42 Å². The van der Waals surface area contributed by atoms with E-state index >= 15 is 0 Å². The Balaban J connectivity index is 2.36. The molecule has 0 bridgehead atoms. The van der Waals surface area contributed by atoms with Crippen molar-refractivity contribution in [1.82, 2.24) is 5.43 Å². The normalized spacial score (nSPS) is 12.7. The summed E-state index contributed by atoms with van der Waals surface area (Å²) in [5, 5.41) is 0.530. The van der Waals surface area contributed by atoms with Gasteiger partial charge in [0.15, 0.2) is 0 Å². The summed E-state index contributed by atoms with van der Waals surface area (Å²) < 4.78 is 19.0. The van der Waals surface area contributed by atoms with Gasteiger partial charge in [0.1, 0.15) is 17.3 Å². The highest BCUT2D eigenvalue weighted by molar-refractivity contribution is 6.31. The lowest BCUT2D eigenvalue weighted by molar-refractivity contribution is 0.484. The van der Waals surface area contributed by atoms with Gasteiger partial charge in [0.25, 0.3) is 0 Å². The van der Waals surface area contributed by atoms with Crippen LogP contribution in [-0.2, 0) is 6.42 Å². The third-order valence-corrected chi connectivity index (χ3v) is 3.97. The van der Waals surface area contributed by atoms with E-state index in [4.69, 9.17) is 21.9 Å². The number of halogens is 2. The molecule has 1 atom stereocenters. The summed E-state index contributed by atoms with van der Waals surface area (Å²) in [7, 11) is 0. The molecule has 0 fully saturated rings. The van der Waals surface area contributed by atoms with Gasteiger partial charge in [-0.3, -0.25) is 11.3 Å². The van der Waals surface area contributed by atoms with E-state index in [1.54, 1.807) is 6.07 Å². The minimum absolute atomic E-state index is 0.174. The minimum atomic E-state index is -0.308. The predicted octanol–water partition coefficient (Wildman–Crippen LogP) is 3.74. The summed E-state index contributed by atoms with van der Waals surface area (Å²) in [5.41, 5.74) is 5.54. The lowest BCUT2D eigenvalue weighted by atomic mass is 9.96. The maximum atomic E-state index is 13.3. The standard InChI is InChI=1S/C15H18ClFN2O/c1-8-9(2)20-10(3)15(8)14(19-18)7-11-6-12(17)4-5-13(11)16/h4-6,14,19H,7,18H2,1-3H3. The smallest absolute Gasteiger partial charge is 0.123 e. The Morgan fingerprint density at radius 2 is 2.00 bits per heavy atom. The zero-order valence-corrected chi connectivity index (χ0v) is 12.5. The van der Waals surface area contributed by atoms with Crippen molar-refractivity contribution in [2.45, 2.75) is 33.2 Å². The Kier molecular flexibility index (Phi) is 4.48. The summed E-state index contributed by atoms with van der Waals surface area (Å²) in [5.74, 6) is 7.03. The monoisotopic (exact) mass is 296 g/mol. The van der Waals surface area contributed by atoms with Crippen LogP contribution in [0.2, 0.25) is 5.02 Å². The Bertz CT molecular complexity index is 625. The average molecular weight is 297 g/mol. The number of furan rings is 1. The van der Waals surface area contributed by atoms with Gasteiger partial charge in [-0.05, 0) is 56.5 Å². The number of nitrogens with one attached hydrogen (secondary N) is 1. The number of aryl methyl sites for hydroxylation is 2. The molecule has 0 aliphatic rings. The average Bonchev–Trinajstić information content (AvgIpc) is 2.65. The molecule has 108 valence electrons. The molecule has 1 aromatic carbocycles. The van der Waals surface area contributed by atoms with Crippen LogP contribution >= 0.6 is 11.6 Å². The lowest BCUT2D eigenvalue weighted by Crippen LogP contribution is -2.30. The summed E-state index contributed by atoms with van der Waals surface area (Å²) in [4.78, 5) is 0. The highest BCUT2D eigenvalue weighted by atomic mass is 35.5. The van der Waals surface area contributed by atoms with Gasteiger partial charge in [0.2, 0.25) is 0 Å². The van der Waals surface area contributed by atoms with Crippen molar-refractivity contribution in [3.8, 4) is 0 Å². The van der Waals surface area contributed by atoms with Gasteiger partial charge in [-0.2, -0.15) is 0 Å². The molecule has 0 spiro atoms. The molecule has 0 aliphatic heterocycles. The van der Waals surface area contributed by atoms with Gasteiger partial charge >= 0.3 is 0 Å². The Morgan fingerprint density at radius 3 is 2.55 bits per heavy atom. The van der Waals surface area contributed by atoms with Gasteiger partial charge in [-0.25, -0.2) is 4.39 Å². The largest absolute Gasteiger partial charge is 0.466 e. The van der Waals surface area contributed by atoms with Crippen LogP contribution in [-0.4, -0.2) is 0 Å². The zero-order chi connectivity index (χ0) is 14.9. The van der Waals surface area contributed by atoms with E-state index in [0.717, 1.165) is 22.6 Å². The fourth-order valence-corrected chi connectivity index (χ4v) is 2.68. The second kappa shape index (κ2) is 5.95. The second-order valence-corrected chi connectivity index (χ2v) is 5.32. The topological polar surface area (TPSA) is 51.2 Å². The van der Waals surface area contributed by atoms with Crippen LogP contribution in [0, 0.1) is 26.6 Å². The third kappa shape index (κ3) is 2.87. The molecule has 0 saturated carbocycles. The molecule has 3 N–H and O–H groups in total. The van der Waals surface area contributed by atoms with Gasteiger partial charge in [-0.15, -0.1) is 0 Å². The molecule has 1 unspecified atom stereocenters. The summed E-state index contributed by atoms with van der Waals surface area (Å²) >= 11 is 6.11. The maximum absolute atomic E-state index is 13.3. The van der Waals surface area contributed by atoms with Crippen LogP contribution in [0.15, 0.2) is 22.6 Å².